The molecule has 4 rings (SSSR count). The smallest absolute Gasteiger partial charge is 0.212 e. The van der Waals surface area contributed by atoms with Gasteiger partial charge in [-0.05, 0) is 61.3 Å². The largest absolute Gasteiger partial charge is 0.358 e. The molecule has 2 atom stereocenters. The molecule has 1 aromatic heterocycles. The van der Waals surface area contributed by atoms with Gasteiger partial charge in [-0.25, -0.2) is 13.1 Å². The first-order chi connectivity index (χ1) is 13.1. The number of Topliss-reactive ketones (excluding diaryl/α,β-unsaturated/α-hetero) is 1. The van der Waals surface area contributed by atoms with Crippen LogP contribution in [-0.4, -0.2) is 31.5 Å². The van der Waals surface area contributed by atoms with Crippen molar-refractivity contribution in [2.75, 3.05) is 12.3 Å². The van der Waals surface area contributed by atoms with Crippen LogP contribution in [0.2, 0.25) is 0 Å². The Morgan fingerprint density at radius 3 is 2.71 bits per heavy atom. The lowest BCUT2D eigenvalue weighted by atomic mass is 9.70. The minimum absolute atomic E-state index is 0.0826. The van der Waals surface area contributed by atoms with Gasteiger partial charge in [-0.3, -0.25) is 4.79 Å². The number of H-pyrrole nitrogens is 1. The number of hydrogen-bond acceptors (Lipinski definition) is 3. The van der Waals surface area contributed by atoms with Gasteiger partial charge >= 0.3 is 0 Å². The van der Waals surface area contributed by atoms with Crippen LogP contribution in [-0.2, 0) is 21.2 Å². The summed E-state index contributed by atoms with van der Waals surface area (Å²) in [5.74, 6) is 0.375. The molecular weight excluding hydrogens is 440 g/mol. The number of ketones is 1. The van der Waals surface area contributed by atoms with Crippen LogP contribution in [0.4, 0.5) is 0 Å². The van der Waals surface area contributed by atoms with E-state index in [1.807, 2.05) is 19.1 Å². The van der Waals surface area contributed by atoms with Gasteiger partial charge in [0.25, 0.3) is 0 Å². The van der Waals surface area contributed by atoms with Gasteiger partial charge in [0.1, 0.15) is 5.78 Å². The van der Waals surface area contributed by atoms with E-state index in [1.165, 1.54) is 0 Å². The van der Waals surface area contributed by atoms with Crippen molar-refractivity contribution >= 4 is 42.6 Å². The zero-order chi connectivity index (χ0) is 20.3. The maximum atomic E-state index is 12.9. The summed E-state index contributed by atoms with van der Waals surface area (Å²) in [7, 11) is -3.53. The Hall–Kier alpha value is -1.18. The summed E-state index contributed by atoms with van der Waals surface area (Å²) in [5, 5.41) is 1.11. The first-order valence-electron chi connectivity index (χ1n) is 9.83. The summed E-state index contributed by atoms with van der Waals surface area (Å²) in [6, 6.07) is 6.06. The zero-order valence-electron chi connectivity index (χ0n) is 16.6. The number of fused-ring (bicyclic) bond motifs is 3. The van der Waals surface area contributed by atoms with Gasteiger partial charge < -0.3 is 4.98 Å². The average molecular weight is 467 g/mol. The van der Waals surface area contributed by atoms with Crippen molar-refractivity contribution < 1.29 is 13.2 Å². The van der Waals surface area contributed by atoms with Crippen LogP contribution in [0, 0.1) is 23.7 Å². The molecule has 0 aliphatic heterocycles. The number of aromatic nitrogens is 1. The molecule has 28 heavy (non-hydrogen) atoms. The molecule has 0 radical (unpaired) electrons. The Labute approximate surface area is 174 Å². The van der Waals surface area contributed by atoms with Crippen molar-refractivity contribution in [2.45, 2.75) is 46.5 Å². The van der Waals surface area contributed by atoms with Crippen LogP contribution < -0.4 is 4.72 Å². The molecule has 0 unspecified atom stereocenters. The van der Waals surface area contributed by atoms with E-state index in [0.29, 0.717) is 31.7 Å². The Kier molecular flexibility index (Phi) is 4.79. The fourth-order valence-corrected chi connectivity index (χ4v) is 7.69. The highest BCUT2D eigenvalue weighted by Crippen LogP contribution is 2.64. The van der Waals surface area contributed by atoms with E-state index < -0.39 is 15.4 Å². The van der Waals surface area contributed by atoms with Crippen LogP contribution in [0.15, 0.2) is 22.7 Å². The number of carbonyl (C=O) groups is 1. The zero-order valence-corrected chi connectivity index (χ0v) is 19.0. The van der Waals surface area contributed by atoms with Gasteiger partial charge in [0.2, 0.25) is 10.0 Å². The van der Waals surface area contributed by atoms with E-state index in [4.69, 9.17) is 0 Å². The van der Waals surface area contributed by atoms with E-state index in [0.717, 1.165) is 33.1 Å². The lowest BCUT2D eigenvalue weighted by Gasteiger charge is -2.36. The minimum atomic E-state index is -3.53. The van der Waals surface area contributed by atoms with Crippen molar-refractivity contribution in [3.63, 3.8) is 0 Å². The van der Waals surface area contributed by atoms with Crippen molar-refractivity contribution in [2.24, 2.45) is 16.7 Å². The molecule has 0 amide bonds. The minimum Gasteiger partial charge on any atom is -0.358 e. The number of hydrogen-bond donors (Lipinski definition) is 2. The second-order valence-electron chi connectivity index (χ2n) is 8.99. The van der Waals surface area contributed by atoms with Crippen molar-refractivity contribution in [3.8, 4) is 0 Å². The summed E-state index contributed by atoms with van der Waals surface area (Å²) in [5.41, 5.74) is 2.27. The first-order valence-corrected chi connectivity index (χ1v) is 12.3. The van der Waals surface area contributed by atoms with Crippen LogP contribution in [0.5, 0.6) is 0 Å². The van der Waals surface area contributed by atoms with E-state index in [9.17, 15) is 13.2 Å². The monoisotopic (exact) mass is 466 g/mol. The molecular formula is C21H27BrN2O3S. The quantitative estimate of drug-likeness (QED) is 0.672. The lowest BCUT2D eigenvalue weighted by Crippen LogP contribution is -2.45. The topological polar surface area (TPSA) is 79.0 Å². The third kappa shape index (κ3) is 3.06. The Bertz CT molecular complexity index is 1060. The third-order valence-corrected chi connectivity index (χ3v) is 9.36. The number of halogens is 1. The van der Waals surface area contributed by atoms with Crippen molar-refractivity contribution in [1.82, 2.24) is 9.71 Å². The number of carbonyl (C=O) groups excluding carboxylic acids is 1. The predicted molar refractivity (Wildman–Crippen MR) is 115 cm³/mol. The van der Waals surface area contributed by atoms with Crippen LogP contribution in [0.25, 0.3) is 10.9 Å². The number of aryl methyl sites for hydroxylation is 1. The number of sulfonamides is 1. The Balaban J connectivity index is 1.48. The van der Waals surface area contributed by atoms with Gasteiger partial charge in [-0.1, -0.05) is 29.8 Å². The molecule has 7 heteroatoms. The molecule has 2 fully saturated rings. The normalized spacial score (nSPS) is 26.4. The predicted octanol–water partition coefficient (Wildman–Crippen LogP) is 4.10. The second-order valence-corrected chi connectivity index (χ2v) is 11.7. The Morgan fingerprint density at radius 2 is 2.07 bits per heavy atom. The molecule has 2 saturated carbocycles. The highest BCUT2D eigenvalue weighted by atomic mass is 79.9. The van der Waals surface area contributed by atoms with Crippen LogP contribution >= 0.6 is 15.9 Å². The maximum absolute atomic E-state index is 12.9. The average Bonchev–Trinajstić information content (AvgIpc) is 3.09. The molecule has 2 bridgehead atoms. The highest BCUT2D eigenvalue weighted by Gasteiger charge is 2.65. The van der Waals surface area contributed by atoms with Crippen LogP contribution in [0.1, 0.15) is 44.4 Å². The Morgan fingerprint density at radius 1 is 1.32 bits per heavy atom. The van der Waals surface area contributed by atoms with E-state index in [-0.39, 0.29) is 17.0 Å². The molecule has 2 N–H and O–H groups in total. The summed E-state index contributed by atoms with van der Waals surface area (Å²) in [6.45, 7) is 6.47. The molecule has 2 aliphatic carbocycles. The number of nitrogens with one attached hydrogen (secondary N) is 2. The maximum Gasteiger partial charge on any atom is 0.212 e. The number of aromatic amines is 1. The summed E-state index contributed by atoms with van der Waals surface area (Å²) < 4.78 is 29.5. The molecule has 1 aromatic carbocycles. The summed E-state index contributed by atoms with van der Waals surface area (Å²) in [6.07, 6.45) is 2.79. The van der Waals surface area contributed by atoms with Gasteiger partial charge in [-0.2, -0.15) is 0 Å². The van der Waals surface area contributed by atoms with Crippen molar-refractivity contribution in [3.05, 3.63) is 33.9 Å². The van der Waals surface area contributed by atoms with E-state index >= 15 is 0 Å². The molecule has 1 heterocycles. The number of rotatable bonds is 6. The van der Waals surface area contributed by atoms with Gasteiger partial charge in [0, 0.05) is 39.5 Å². The standard InChI is InChI=1S/C21H27BrN2O3S/c1-13-16(17-11-15(22)4-5-18(17)24-13)7-9-23-28(26,27)12-21-8-6-14(10-19(21)25)20(21,2)3/h4-5,11,14,23-24H,6-10,12H2,1-3H3/t14-,21-/m1/s1. The molecule has 2 aliphatic rings. The first kappa shape index (κ1) is 20.1. The van der Waals surface area contributed by atoms with Crippen LogP contribution in [0.3, 0.4) is 0 Å². The summed E-state index contributed by atoms with van der Waals surface area (Å²) in [4.78, 5) is 16.0. The number of benzene rings is 1. The molecule has 0 saturated heterocycles. The fourth-order valence-electron chi connectivity index (χ4n) is 5.49. The SMILES string of the molecule is Cc1[nH]c2ccc(Br)cc2c1CCNS(=O)(=O)C[C@]12CC[C@H](CC1=O)C2(C)C. The van der Waals surface area contributed by atoms with Gasteiger partial charge in [-0.15, -0.1) is 0 Å². The second kappa shape index (κ2) is 6.67. The molecule has 5 nitrogen and oxygen atoms in total. The highest BCUT2D eigenvalue weighted by molar-refractivity contribution is 9.10. The molecule has 152 valence electrons. The van der Waals surface area contributed by atoms with Gasteiger partial charge in [0.05, 0.1) is 5.75 Å². The van der Waals surface area contributed by atoms with E-state index in [2.05, 4.69) is 45.5 Å². The lowest BCUT2D eigenvalue weighted by molar-refractivity contribution is -0.128. The summed E-state index contributed by atoms with van der Waals surface area (Å²) >= 11 is 3.50. The third-order valence-electron chi connectivity index (χ3n) is 7.35. The van der Waals surface area contributed by atoms with Gasteiger partial charge in [0.15, 0.2) is 0 Å². The fraction of sp³-hybridized carbons (Fsp3) is 0.571. The van der Waals surface area contributed by atoms with E-state index in [1.54, 1.807) is 0 Å². The molecule has 0 spiro atoms. The molecule has 2 aromatic rings. The van der Waals surface area contributed by atoms with Crippen molar-refractivity contribution in [1.29, 1.82) is 0 Å².